The minimum atomic E-state index is -0.205. The number of benzene rings is 2. The van der Waals surface area contributed by atoms with Crippen molar-refractivity contribution in [2.45, 2.75) is 6.92 Å². The highest BCUT2D eigenvalue weighted by molar-refractivity contribution is 5.96. The topological polar surface area (TPSA) is 59.1 Å². The van der Waals surface area contributed by atoms with Crippen LogP contribution in [0.25, 0.3) is 0 Å². The third kappa shape index (κ3) is 5.40. The van der Waals surface area contributed by atoms with E-state index in [1.165, 1.54) is 5.69 Å². The molecule has 0 bridgehead atoms. The van der Waals surface area contributed by atoms with Gasteiger partial charge in [0.2, 0.25) is 5.91 Å². The molecule has 2 aromatic rings. The van der Waals surface area contributed by atoms with Crippen molar-refractivity contribution in [1.82, 2.24) is 15.1 Å². The molecule has 2 aliphatic heterocycles. The summed E-state index contributed by atoms with van der Waals surface area (Å²) in [6, 6.07) is 17.9. The van der Waals surface area contributed by atoms with Gasteiger partial charge in [-0.2, -0.15) is 0 Å². The van der Waals surface area contributed by atoms with Crippen LogP contribution in [0.4, 0.5) is 11.4 Å². The van der Waals surface area contributed by atoms with E-state index in [1.807, 2.05) is 47.4 Å². The minimum Gasteiger partial charge on any atom is -0.369 e. The molecule has 0 aromatic heterocycles. The minimum absolute atomic E-state index is 0.0310. The summed E-state index contributed by atoms with van der Waals surface area (Å²) in [7, 11) is 0. The van der Waals surface area contributed by atoms with Gasteiger partial charge in [-0.1, -0.05) is 25.1 Å². The molecule has 170 valence electrons. The Hall–Kier alpha value is -3.06. The smallest absolute Gasteiger partial charge is 0.251 e. The zero-order valence-electron chi connectivity index (χ0n) is 18.9. The Balaban J connectivity index is 1.22. The molecule has 2 fully saturated rings. The molecule has 7 nitrogen and oxygen atoms in total. The lowest BCUT2D eigenvalue weighted by atomic mass is 10.1. The van der Waals surface area contributed by atoms with Gasteiger partial charge in [-0.25, -0.2) is 0 Å². The highest BCUT2D eigenvalue weighted by Crippen LogP contribution is 2.18. The van der Waals surface area contributed by atoms with Gasteiger partial charge in [0.25, 0.3) is 5.91 Å². The molecule has 0 spiro atoms. The predicted octanol–water partition coefficient (Wildman–Crippen LogP) is 1.91. The average Bonchev–Trinajstić information content (AvgIpc) is 2.88. The van der Waals surface area contributed by atoms with Crippen molar-refractivity contribution < 1.29 is 9.59 Å². The fourth-order valence-corrected chi connectivity index (χ4v) is 4.37. The first-order valence-electron chi connectivity index (χ1n) is 11.6. The number of hydrogen-bond donors (Lipinski definition) is 1. The number of carbonyl (C=O) groups excluding carboxylic acids is 2. The lowest BCUT2D eigenvalue weighted by molar-refractivity contribution is -0.130. The fraction of sp³-hybridized carbons (Fsp3) is 0.440. The van der Waals surface area contributed by atoms with Gasteiger partial charge in [-0.05, 0) is 42.9 Å². The number of carbonyl (C=O) groups is 2. The van der Waals surface area contributed by atoms with E-state index in [-0.39, 0.29) is 18.4 Å². The lowest BCUT2D eigenvalue weighted by Gasteiger charge is -2.36. The summed E-state index contributed by atoms with van der Waals surface area (Å²) < 4.78 is 0. The third-order valence-corrected chi connectivity index (χ3v) is 6.47. The number of para-hydroxylation sites is 1. The van der Waals surface area contributed by atoms with Gasteiger partial charge < -0.3 is 24.9 Å². The molecule has 0 radical (unpaired) electrons. The quantitative estimate of drug-likeness (QED) is 0.751. The molecular weight excluding hydrogens is 402 g/mol. The van der Waals surface area contributed by atoms with E-state index in [0.717, 1.165) is 51.5 Å². The number of rotatable bonds is 6. The number of nitrogens with one attached hydrogen (secondary N) is 1. The van der Waals surface area contributed by atoms with Crippen molar-refractivity contribution in [2.75, 3.05) is 75.2 Å². The maximum absolute atomic E-state index is 12.6. The molecule has 7 heteroatoms. The largest absolute Gasteiger partial charge is 0.369 e. The van der Waals surface area contributed by atoms with E-state index in [2.05, 4.69) is 39.1 Å². The molecule has 2 heterocycles. The molecule has 0 aliphatic carbocycles. The molecule has 0 unspecified atom stereocenters. The second kappa shape index (κ2) is 10.5. The SMILES string of the molecule is CCN1CCN(c2ccc(C(=O)NCC(=O)N3CCN(c4ccccc4)CC3)cc2)CC1. The van der Waals surface area contributed by atoms with Crippen LogP contribution in [0.15, 0.2) is 54.6 Å². The molecule has 4 rings (SSSR count). The molecule has 2 amide bonds. The van der Waals surface area contributed by atoms with Crippen LogP contribution in [0.3, 0.4) is 0 Å². The van der Waals surface area contributed by atoms with E-state index >= 15 is 0 Å². The Morgan fingerprint density at radius 3 is 1.91 bits per heavy atom. The second-order valence-electron chi connectivity index (χ2n) is 8.35. The Morgan fingerprint density at radius 1 is 0.750 bits per heavy atom. The standard InChI is InChI=1S/C25H33N5O2/c1-2-27-12-14-28(15-13-27)23-10-8-21(9-11-23)25(32)26-20-24(31)30-18-16-29(17-19-30)22-6-4-3-5-7-22/h3-11H,2,12-20H2,1H3,(H,26,32). The van der Waals surface area contributed by atoms with E-state index < -0.39 is 0 Å². The molecule has 2 saturated heterocycles. The molecule has 0 saturated carbocycles. The first-order valence-corrected chi connectivity index (χ1v) is 11.6. The first kappa shape index (κ1) is 22.1. The van der Waals surface area contributed by atoms with E-state index in [0.29, 0.717) is 18.7 Å². The van der Waals surface area contributed by atoms with Crippen molar-refractivity contribution in [3.8, 4) is 0 Å². The maximum atomic E-state index is 12.6. The predicted molar refractivity (Wildman–Crippen MR) is 128 cm³/mol. The molecule has 0 atom stereocenters. The van der Waals surface area contributed by atoms with Gasteiger partial charge in [0, 0.05) is 69.3 Å². The Kier molecular flexibility index (Phi) is 7.27. The maximum Gasteiger partial charge on any atom is 0.251 e. The van der Waals surface area contributed by atoms with Crippen LogP contribution >= 0.6 is 0 Å². The summed E-state index contributed by atoms with van der Waals surface area (Å²) in [5.41, 5.74) is 2.91. The normalized spacial score (nSPS) is 17.3. The molecule has 1 N–H and O–H groups in total. The van der Waals surface area contributed by atoms with Crippen molar-refractivity contribution >= 4 is 23.2 Å². The summed E-state index contributed by atoms with van der Waals surface area (Å²) in [5, 5.41) is 2.79. The first-order chi connectivity index (χ1) is 15.6. The second-order valence-corrected chi connectivity index (χ2v) is 8.35. The zero-order valence-corrected chi connectivity index (χ0v) is 18.9. The van der Waals surface area contributed by atoms with Gasteiger partial charge in [-0.3, -0.25) is 9.59 Å². The summed E-state index contributed by atoms with van der Waals surface area (Å²) in [4.78, 5) is 34.0. The van der Waals surface area contributed by atoms with Crippen LogP contribution in [0, 0.1) is 0 Å². The van der Waals surface area contributed by atoms with Gasteiger partial charge >= 0.3 is 0 Å². The lowest BCUT2D eigenvalue weighted by Crippen LogP contribution is -2.51. The fourth-order valence-electron chi connectivity index (χ4n) is 4.37. The van der Waals surface area contributed by atoms with Gasteiger partial charge in [0.15, 0.2) is 0 Å². The molecule has 2 aromatic carbocycles. The number of piperazine rings is 2. The van der Waals surface area contributed by atoms with Crippen LogP contribution in [-0.4, -0.2) is 87.1 Å². The zero-order chi connectivity index (χ0) is 22.3. The summed E-state index contributed by atoms with van der Waals surface area (Å²) in [6.07, 6.45) is 0. The highest BCUT2D eigenvalue weighted by Gasteiger charge is 2.22. The molecule has 32 heavy (non-hydrogen) atoms. The van der Waals surface area contributed by atoms with E-state index in [4.69, 9.17) is 0 Å². The van der Waals surface area contributed by atoms with Crippen LogP contribution in [0.2, 0.25) is 0 Å². The van der Waals surface area contributed by atoms with Crippen LogP contribution in [0.5, 0.6) is 0 Å². The Labute approximate surface area is 190 Å². The summed E-state index contributed by atoms with van der Waals surface area (Å²) in [5.74, 6) is -0.236. The van der Waals surface area contributed by atoms with Gasteiger partial charge in [-0.15, -0.1) is 0 Å². The number of amides is 2. The molecular formula is C25H33N5O2. The Bertz CT molecular complexity index is 886. The van der Waals surface area contributed by atoms with Crippen molar-refractivity contribution in [1.29, 1.82) is 0 Å². The number of hydrogen-bond acceptors (Lipinski definition) is 5. The number of likely N-dealkylation sites (N-methyl/N-ethyl adjacent to an activating group) is 1. The van der Waals surface area contributed by atoms with Crippen LogP contribution < -0.4 is 15.1 Å². The van der Waals surface area contributed by atoms with E-state index in [9.17, 15) is 9.59 Å². The van der Waals surface area contributed by atoms with Crippen molar-refractivity contribution in [3.63, 3.8) is 0 Å². The molecule has 2 aliphatic rings. The Morgan fingerprint density at radius 2 is 1.31 bits per heavy atom. The summed E-state index contributed by atoms with van der Waals surface area (Å²) >= 11 is 0. The van der Waals surface area contributed by atoms with Crippen LogP contribution in [-0.2, 0) is 4.79 Å². The highest BCUT2D eigenvalue weighted by atomic mass is 16.2. The number of anilines is 2. The average molecular weight is 436 g/mol. The van der Waals surface area contributed by atoms with Crippen molar-refractivity contribution in [2.24, 2.45) is 0 Å². The summed E-state index contributed by atoms with van der Waals surface area (Å²) in [6.45, 7) is 10.4. The van der Waals surface area contributed by atoms with E-state index in [1.54, 1.807) is 0 Å². The van der Waals surface area contributed by atoms with Crippen LogP contribution in [0.1, 0.15) is 17.3 Å². The number of nitrogens with zero attached hydrogens (tertiary/aromatic N) is 4. The monoisotopic (exact) mass is 435 g/mol. The van der Waals surface area contributed by atoms with Gasteiger partial charge in [0.05, 0.1) is 6.54 Å². The third-order valence-electron chi connectivity index (χ3n) is 6.47. The van der Waals surface area contributed by atoms with Gasteiger partial charge in [0.1, 0.15) is 0 Å². The van der Waals surface area contributed by atoms with Crippen molar-refractivity contribution in [3.05, 3.63) is 60.2 Å².